The van der Waals surface area contributed by atoms with Gasteiger partial charge in [-0.15, -0.1) is 12.4 Å². The lowest BCUT2D eigenvalue weighted by Gasteiger charge is -2.26. The van der Waals surface area contributed by atoms with Gasteiger partial charge in [0.2, 0.25) is 0 Å². The Balaban J connectivity index is 0.00000267. The minimum atomic E-state index is -0.443. The number of furan rings is 1. The predicted octanol–water partition coefficient (Wildman–Crippen LogP) is 3.62. The summed E-state index contributed by atoms with van der Waals surface area (Å²) in [6.07, 6.45) is 3.47. The molecule has 0 aliphatic carbocycles. The second-order valence-corrected chi connectivity index (χ2v) is 8.82. The number of carbonyl (C=O) groups is 2. The Kier molecular flexibility index (Phi) is 6.57. The van der Waals surface area contributed by atoms with Gasteiger partial charge in [-0.2, -0.15) is 0 Å². The third-order valence-corrected chi connectivity index (χ3v) is 6.67. The molecule has 9 heteroatoms. The maximum Gasteiger partial charge on any atom is 0.259 e. The van der Waals surface area contributed by atoms with Gasteiger partial charge in [-0.3, -0.25) is 19.8 Å². The molecular weight excluding hydrogens is 482 g/mol. The summed E-state index contributed by atoms with van der Waals surface area (Å²) in [5.74, 6) is -0.236. The minimum Gasteiger partial charge on any atom is -0.492 e. The predicted molar refractivity (Wildman–Crippen MR) is 139 cm³/mol. The van der Waals surface area contributed by atoms with Crippen LogP contribution in [0.1, 0.15) is 11.1 Å². The molecule has 186 valence electrons. The molecule has 2 aromatic heterocycles. The molecule has 2 amide bonds. The number of ether oxygens (including phenoxy) is 2. The molecule has 6 rings (SSSR count). The fourth-order valence-corrected chi connectivity index (χ4v) is 4.95. The Bertz CT molecular complexity index is 1500. The number of para-hydroxylation sites is 1. The highest BCUT2D eigenvalue weighted by Crippen LogP contribution is 2.39. The lowest BCUT2D eigenvalue weighted by atomic mass is 9.95. The molecule has 1 fully saturated rings. The van der Waals surface area contributed by atoms with Crippen LogP contribution in [0.3, 0.4) is 0 Å². The number of morpholine rings is 1. The Morgan fingerprint density at radius 3 is 2.56 bits per heavy atom. The van der Waals surface area contributed by atoms with E-state index in [1.54, 1.807) is 12.3 Å². The highest BCUT2D eigenvalue weighted by molar-refractivity contribution is 6.50. The van der Waals surface area contributed by atoms with Crippen molar-refractivity contribution in [3.63, 3.8) is 0 Å². The summed E-state index contributed by atoms with van der Waals surface area (Å²) in [6, 6.07) is 13.3. The molecule has 2 aliphatic rings. The normalized spacial score (nSPS) is 16.6. The Hall–Kier alpha value is -3.59. The van der Waals surface area contributed by atoms with Gasteiger partial charge in [0.15, 0.2) is 0 Å². The van der Waals surface area contributed by atoms with Crippen molar-refractivity contribution < 1.29 is 23.5 Å². The van der Waals surface area contributed by atoms with Crippen LogP contribution in [0.25, 0.3) is 33.0 Å². The van der Waals surface area contributed by atoms with Crippen LogP contribution in [-0.4, -0.2) is 60.7 Å². The van der Waals surface area contributed by atoms with Gasteiger partial charge >= 0.3 is 0 Å². The summed E-state index contributed by atoms with van der Waals surface area (Å²) < 4.78 is 19.2. The quantitative estimate of drug-likeness (QED) is 0.401. The molecule has 1 saturated heterocycles. The number of nitrogens with one attached hydrogen (secondary N) is 1. The number of aryl methyl sites for hydroxylation is 1. The summed E-state index contributed by atoms with van der Waals surface area (Å²) in [5.41, 5.74) is 3.41. The van der Waals surface area contributed by atoms with Crippen LogP contribution >= 0.6 is 12.4 Å². The van der Waals surface area contributed by atoms with E-state index in [0.29, 0.717) is 40.2 Å². The van der Waals surface area contributed by atoms with E-state index in [1.807, 2.05) is 54.2 Å². The van der Waals surface area contributed by atoms with Crippen molar-refractivity contribution in [3.05, 3.63) is 66.1 Å². The van der Waals surface area contributed by atoms with Gasteiger partial charge in [-0.05, 0) is 24.3 Å². The minimum absolute atomic E-state index is 0. The fourth-order valence-electron chi connectivity index (χ4n) is 4.95. The van der Waals surface area contributed by atoms with E-state index in [0.717, 1.165) is 49.1 Å². The summed E-state index contributed by atoms with van der Waals surface area (Å²) >= 11 is 0. The highest BCUT2D eigenvalue weighted by Gasteiger charge is 2.35. The largest absolute Gasteiger partial charge is 0.492 e. The monoisotopic (exact) mass is 507 g/mol. The maximum absolute atomic E-state index is 13.1. The maximum atomic E-state index is 13.1. The number of rotatable bonds is 6. The zero-order valence-electron chi connectivity index (χ0n) is 19.8. The molecule has 36 heavy (non-hydrogen) atoms. The Morgan fingerprint density at radius 1 is 1.00 bits per heavy atom. The second-order valence-electron chi connectivity index (χ2n) is 8.82. The van der Waals surface area contributed by atoms with Crippen molar-refractivity contribution in [2.75, 3.05) is 39.5 Å². The smallest absolute Gasteiger partial charge is 0.259 e. The van der Waals surface area contributed by atoms with Crippen LogP contribution in [0, 0.1) is 0 Å². The van der Waals surface area contributed by atoms with Gasteiger partial charge in [0.1, 0.15) is 17.9 Å². The van der Waals surface area contributed by atoms with E-state index in [1.165, 1.54) is 0 Å². The van der Waals surface area contributed by atoms with Crippen molar-refractivity contribution in [2.45, 2.75) is 0 Å². The van der Waals surface area contributed by atoms with Crippen molar-refractivity contribution in [3.8, 4) is 5.75 Å². The van der Waals surface area contributed by atoms with Gasteiger partial charge in [-0.1, -0.05) is 18.2 Å². The number of carbonyl (C=O) groups excluding carboxylic acids is 2. The lowest BCUT2D eigenvalue weighted by molar-refractivity contribution is -0.122. The molecule has 0 radical (unpaired) electrons. The number of imide groups is 1. The molecule has 0 unspecified atom stereocenters. The average Bonchev–Trinajstić information content (AvgIpc) is 3.55. The molecule has 1 N–H and O–H groups in total. The molecule has 0 spiro atoms. The molecule has 0 bridgehead atoms. The Labute approximate surface area is 213 Å². The van der Waals surface area contributed by atoms with Crippen LogP contribution < -0.4 is 10.1 Å². The van der Waals surface area contributed by atoms with E-state index in [-0.39, 0.29) is 12.4 Å². The zero-order chi connectivity index (χ0) is 23.9. The third kappa shape index (κ3) is 4.17. The van der Waals surface area contributed by atoms with Crippen molar-refractivity contribution >= 4 is 57.2 Å². The molecule has 2 aromatic carbocycles. The third-order valence-electron chi connectivity index (χ3n) is 6.67. The van der Waals surface area contributed by atoms with E-state index < -0.39 is 11.8 Å². The topological polar surface area (TPSA) is 85.9 Å². The number of amides is 2. The summed E-state index contributed by atoms with van der Waals surface area (Å²) in [5, 5.41) is 4.20. The summed E-state index contributed by atoms with van der Waals surface area (Å²) in [4.78, 5) is 28.5. The van der Waals surface area contributed by atoms with Crippen LogP contribution in [0.2, 0.25) is 0 Å². The first-order chi connectivity index (χ1) is 17.1. The van der Waals surface area contributed by atoms with Gasteiger partial charge in [0, 0.05) is 60.3 Å². The molecule has 4 aromatic rings. The molecular formula is C27H26ClN3O5. The fraction of sp³-hybridized carbons (Fsp3) is 0.259. The van der Waals surface area contributed by atoms with Crippen molar-refractivity contribution in [1.82, 2.24) is 14.8 Å². The van der Waals surface area contributed by atoms with E-state index in [9.17, 15) is 9.59 Å². The molecule has 0 saturated carbocycles. The SMILES string of the molecule is Cl.Cn1cc(C2=C(c3cc(OCCN4CCOCC4)cc4ccoc34)C(=O)NC2=O)c2ccccc21. The summed E-state index contributed by atoms with van der Waals surface area (Å²) in [6.45, 7) is 4.53. The molecule has 0 atom stereocenters. The first-order valence-electron chi connectivity index (χ1n) is 11.7. The number of fused-ring (bicyclic) bond motifs is 2. The van der Waals surface area contributed by atoms with Crippen molar-refractivity contribution in [2.24, 2.45) is 7.05 Å². The average molecular weight is 508 g/mol. The Morgan fingerprint density at radius 2 is 1.75 bits per heavy atom. The van der Waals surface area contributed by atoms with Crippen LogP contribution in [0.15, 0.2) is 59.3 Å². The highest BCUT2D eigenvalue weighted by atomic mass is 35.5. The van der Waals surface area contributed by atoms with Crippen molar-refractivity contribution in [1.29, 1.82) is 0 Å². The lowest BCUT2D eigenvalue weighted by Crippen LogP contribution is -2.38. The number of hydrogen-bond acceptors (Lipinski definition) is 6. The number of nitrogens with zero attached hydrogens (tertiary/aromatic N) is 2. The zero-order valence-corrected chi connectivity index (χ0v) is 20.6. The standard InChI is InChI=1S/C27H25N3O5.ClH/c1-29-16-21(19-4-2-3-5-22(19)29)24-23(26(31)28-27(24)32)20-15-18(14-17-6-10-35-25(17)20)34-13-9-30-7-11-33-12-8-30;/h2-6,10,14-16H,7-9,11-13H2,1H3,(H,28,31,32);1H. The van der Waals surface area contributed by atoms with E-state index in [4.69, 9.17) is 13.9 Å². The first kappa shape index (κ1) is 24.1. The van der Waals surface area contributed by atoms with Crippen LogP contribution in [0.5, 0.6) is 5.75 Å². The van der Waals surface area contributed by atoms with Gasteiger partial charge < -0.3 is 18.5 Å². The first-order valence-corrected chi connectivity index (χ1v) is 11.7. The second kappa shape index (κ2) is 9.81. The summed E-state index contributed by atoms with van der Waals surface area (Å²) in [7, 11) is 1.93. The number of halogens is 1. The van der Waals surface area contributed by atoms with Gasteiger partial charge in [-0.25, -0.2) is 0 Å². The number of aromatic nitrogens is 1. The molecule has 8 nitrogen and oxygen atoms in total. The number of hydrogen-bond donors (Lipinski definition) is 1. The van der Waals surface area contributed by atoms with Crippen LogP contribution in [0.4, 0.5) is 0 Å². The number of benzene rings is 2. The van der Waals surface area contributed by atoms with E-state index >= 15 is 0 Å². The van der Waals surface area contributed by atoms with Gasteiger partial charge in [0.05, 0.1) is 30.6 Å². The molecule has 2 aliphatic heterocycles. The van der Waals surface area contributed by atoms with E-state index in [2.05, 4.69) is 10.2 Å². The van der Waals surface area contributed by atoms with Crippen LogP contribution in [-0.2, 0) is 21.4 Å². The van der Waals surface area contributed by atoms with Gasteiger partial charge in [0.25, 0.3) is 11.8 Å². The molecule has 4 heterocycles.